The fourth-order valence-corrected chi connectivity index (χ4v) is 2.97. The number of nitrogens with one attached hydrogen (secondary N) is 1. The molecule has 1 aliphatic rings. The molecule has 1 amide bonds. The number of carbonyl (C=O) groups excluding carboxylic acids is 1. The Kier molecular flexibility index (Phi) is 5.83. The highest BCUT2D eigenvalue weighted by Crippen LogP contribution is 2.22. The van der Waals surface area contributed by atoms with Crippen LogP contribution in [0.4, 0.5) is 4.39 Å². The number of aromatic nitrogens is 2. The zero-order valence-corrected chi connectivity index (χ0v) is 15.3. The van der Waals surface area contributed by atoms with Crippen molar-refractivity contribution in [2.75, 3.05) is 19.6 Å². The van der Waals surface area contributed by atoms with Crippen molar-refractivity contribution in [1.82, 2.24) is 20.0 Å². The van der Waals surface area contributed by atoms with Crippen molar-refractivity contribution >= 4 is 11.5 Å². The van der Waals surface area contributed by atoms with Crippen LogP contribution in [-0.2, 0) is 4.79 Å². The van der Waals surface area contributed by atoms with Gasteiger partial charge < -0.3 is 5.32 Å². The Morgan fingerprint density at radius 2 is 2.12 bits per heavy atom. The van der Waals surface area contributed by atoms with E-state index in [9.17, 15) is 9.18 Å². The van der Waals surface area contributed by atoms with Crippen molar-refractivity contribution in [2.45, 2.75) is 32.7 Å². The number of hydrogen-bond donors (Lipinski definition) is 1. The van der Waals surface area contributed by atoms with E-state index in [1.165, 1.54) is 17.7 Å². The Morgan fingerprint density at radius 3 is 2.77 bits per heavy atom. The van der Waals surface area contributed by atoms with E-state index in [0.29, 0.717) is 6.54 Å². The average Bonchev–Trinajstić information content (AvgIpc) is 3.13. The number of nitrogens with zero attached hydrogens (tertiary/aromatic N) is 3. The molecule has 26 heavy (non-hydrogen) atoms. The fourth-order valence-electron chi connectivity index (χ4n) is 2.97. The summed E-state index contributed by atoms with van der Waals surface area (Å²) in [7, 11) is 0. The zero-order chi connectivity index (χ0) is 18.5. The molecule has 1 aliphatic heterocycles. The lowest BCUT2D eigenvalue weighted by molar-refractivity contribution is -0.122. The highest BCUT2D eigenvalue weighted by molar-refractivity contribution is 5.78. The second kappa shape index (κ2) is 8.27. The third-order valence-corrected chi connectivity index (χ3v) is 4.72. The fraction of sp³-hybridized carbons (Fsp3) is 0.400. The van der Waals surface area contributed by atoms with Gasteiger partial charge in [-0.15, -0.1) is 0 Å². The molecule has 0 fully saturated rings. The predicted octanol–water partition coefficient (Wildman–Crippen LogP) is 3.02. The molecule has 0 bridgehead atoms. The number of amides is 1. The van der Waals surface area contributed by atoms with Gasteiger partial charge in [0.1, 0.15) is 5.82 Å². The van der Waals surface area contributed by atoms with Gasteiger partial charge in [-0.2, -0.15) is 5.10 Å². The van der Waals surface area contributed by atoms with Gasteiger partial charge in [0.2, 0.25) is 5.91 Å². The molecule has 0 saturated carbocycles. The predicted molar refractivity (Wildman–Crippen MR) is 100 cm³/mol. The van der Waals surface area contributed by atoms with Gasteiger partial charge in [0.05, 0.1) is 18.4 Å². The van der Waals surface area contributed by atoms with Crippen LogP contribution in [0.25, 0.3) is 11.3 Å². The Balaban J connectivity index is 1.59. The summed E-state index contributed by atoms with van der Waals surface area (Å²) >= 11 is 0. The highest BCUT2D eigenvalue weighted by atomic mass is 19.1. The minimum absolute atomic E-state index is 0.0836. The van der Waals surface area contributed by atoms with Gasteiger partial charge in [-0.3, -0.25) is 9.69 Å². The van der Waals surface area contributed by atoms with Crippen molar-refractivity contribution in [3.05, 3.63) is 54.1 Å². The lowest BCUT2D eigenvalue weighted by atomic mass is 10.0. The summed E-state index contributed by atoms with van der Waals surface area (Å²) in [6, 6.07) is 6.49. The van der Waals surface area contributed by atoms with E-state index in [1.54, 1.807) is 16.8 Å². The third-order valence-electron chi connectivity index (χ3n) is 4.72. The van der Waals surface area contributed by atoms with Crippen LogP contribution in [0.5, 0.6) is 0 Å². The zero-order valence-electron chi connectivity index (χ0n) is 15.3. The Bertz CT molecular complexity index is 781. The second-order valence-electron chi connectivity index (χ2n) is 6.74. The van der Waals surface area contributed by atoms with E-state index >= 15 is 0 Å². The van der Waals surface area contributed by atoms with E-state index in [4.69, 9.17) is 0 Å². The van der Waals surface area contributed by atoms with Crippen LogP contribution in [0.3, 0.4) is 0 Å². The van der Waals surface area contributed by atoms with Gasteiger partial charge in [-0.1, -0.05) is 13.0 Å². The quantitative estimate of drug-likeness (QED) is 0.866. The van der Waals surface area contributed by atoms with E-state index in [1.807, 2.05) is 19.3 Å². The molecule has 2 heterocycles. The Morgan fingerprint density at radius 1 is 1.35 bits per heavy atom. The number of rotatable bonds is 6. The molecule has 0 unspecified atom stereocenters. The minimum Gasteiger partial charge on any atom is -0.353 e. The summed E-state index contributed by atoms with van der Waals surface area (Å²) in [5.74, 6) is -0.172. The molecule has 1 aromatic carbocycles. The van der Waals surface area contributed by atoms with Crippen molar-refractivity contribution in [3.63, 3.8) is 0 Å². The number of carbonyl (C=O) groups is 1. The molecule has 2 aromatic rings. The first-order chi connectivity index (χ1) is 12.5. The first-order valence-corrected chi connectivity index (χ1v) is 9.07. The normalized spacial score (nSPS) is 16.2. The average molecular weight is 356 g/mol. The molecular weight excluding hydrogens is 331 g/mol. The number of benzene rings is 1. The van der Waals surface area contributed by atoms with Gasteiger partial charge in [0, 0.05) is 30.9 Å². The SMILES string of the molecule is CC[C@@H](C)NC(=O)CN1CC=C(c2cnn(-c3ccc(F)cc3)c2)CC1. The maximum atomic E-state index is 13.0. The van der Waals surface area contributed by atoms with Crippen LogP contribution in [-0.4, -0.2) is 46.3 Å². The second-order valence-corrected chi connectivity index (χ2v) is 6.74. The molecular formula is C20H25FN4O. The summed E-state index contributed by atoms with van der Waals surface area (Å²) < 4.78 is 14.8. The summed E-state index contributed by atoms with van der Waals surface area (Å²) in [4.78, 5) is 14.1. The monoisotopic (exact) mass is 356 g/mol. The van der Waals surface area contributed by atoms with E-state index < -0.39 is 0 Å². The summed E-state index contributed by atoms with van der Waals surface area (Å²) in [5, 5.41) is 7.38. The van der Waals surface area contributed by atoms with Crippen molar-refractivity contribution in [1.29, 1.82) is 0 Å². The molecule has 0 aliphatic carbocycles. The smallest absolute Gasteiger partial charge is 0.234 e. The lowest BCUT2D eigenvalue weighted by Gasteiger charge is -2.26. The molecule has 138 valence electrons. The maximum absolute atomic E-state index is 13.0. The summed E-state index contributed by atoms with van der Waals surface area (Å²) in [6.07, 6.45) is 7.77. The topological polar surface area (TPSA) is 50.2 Å². The van der Waals surface area contributed by atoms with Crippen LogP contribution in [0.15, 0.2) is 42.7 Å². The molecule has 0 radical (unpaired) electrons. The van der Waals surface area contributed by atoms with Crippen LogP contribution < -0.4 is 5.32 Å². The molecule has 5 nitrogen and oxygen atoms in total. The summed E-state index contributed by atoms with van der Waals surface area (Å²) in [6.45, 7) is 6.12. The standard InChI is InChI=1S/C20H25FN4O/c1-3-15(2)23-20(26)14-24-10-8-16(9-11-24)17-12-22-25(13-17)19-6-4-18(21)5-7-19/h4-8,12-13,15H,3,9-11,14H2,1-2H3,(H,23,26)/t15-/m1/s1. The molecule has 1 N–H and O–H groups in total. The first kappa shape index (κ1) is 18.3. The molecule has 6 heteroatoms. The largest absolute Gasteiger partial charge is 0.353 e. The molecule has 1 aromatic heterocycles. The summed E-state index contributed by atoms with van der Waals surface area (Å²) in [5.41, 5.74) is 3.13. The molecule has 0 saturated heterocycles. The third kappa shape index (κ3) is 4.58. The first-order valence-electron chi connectivity index (χ1n) is 9.07. The lowest BCUT2D eigenvalue weighted by Crippen LogP contribution is -2.42. The van der Waals surface area contributed by atoms with Crippen molar-refractivity contribution in [3.8, 4) is 5.69 Å². The molecule has 1 atom stereocenters. The van der Waals surface area contributed by atoms with Crippen molar-refractivity contribution < 1.29 is 9.18 Å². The molecule has 0 spiro atoms. The van der Waals surface area contributed by atoms with E-state index in [0.717, 1.165) is 37.2 Å². The van der Waals surface area contributed by atoms with Gasteiger partial charge >= 0.3 is 0 Å². The van der Waals surface area contributed by atoms with Gasteiger partial charge in [-0.05, 0) is 49.6 Å². The minimum atomic E-state index is -0.256. The van der Waals surface area contributed by atoms with Crippen LogP contribution in [0.2, 0.25) is 0 Å². The highest BCUT2D eigenvalue weighted by Gasteiger charge is 2.17. The number of hydrogen-bond acceptors (Lipinski definition) is 3. The van der Waals surface area contributed by atoms with Crippen LogP contribution in [0.1, 0.15) is 32.3 Å². The van der Waals surface area contributed by atoms with E-state index in [2.05, 4.69) is 28.3 Å². The Labute approximate surface area is 153 Å². The van der Waals surface area contributed by atoms with Gasteiger partial charge in [-0.25, -0.2) is 9.07 Å². The van der Waals surface area contributed by atoms with E-state index in [-0.39, 0.29) is 17.8 Å². The van der Waals surface area contributed by atoms with Crippen LogP contribution in [0, 0.1) is 5.82 Å². The van der Waals surface area contributed by atoms with Crippen molar-refractivity contribution in [2.24, 2.45) is 0 Å². The van der Waals surface area contributed by atoms with Crippen LogP contribution >= 0.6 is 0 Å². The molecule has 3 rings (SSSR count). The van der Waals surface area contributed by atoms with Gasteiger partial charge in [0.15, 0.2) is 0 Å². The maximum Gasteiger partial charge on any atom is 0.234 e. The number of halogens is 1. The Hall–Kier alpha value is -2.47. The van der Waals surface area contributed by atoms with Gasteiger partial charge in [0.25, 0.3) is 0 Å².